The van der Waals surface area contributed by atoms with Crippen molar-refractivity contribution in [3.8, 4) is 0 Å². The molecule has 0 bridgehead atoms. The molecular weight excluding hydrogens is 1330 g/mol. The maximum absolute atomic E-state index is 12.8. The molecular formula is C71H132O30. The Kier molecular flexibility index (Phi) is 23.5. The van der Waals surface area contributed by atoms with Crippen LogP contribution in [0.4, 0.5) is 0 Å². The van der Waals surface area contributed by atoms with E-state index in [1.165, 1.54) is 153 Å². The first kappa shape index (κ1) is 88.7. The Morgan fingerprint density at radius 3 is 0.733 bits per heavy atom. The lowest BCUT2D eigenvalue weighted by atomic mass is 9.56. The number of methoxy groups -OCH3 is 1. The highest BCUT2D eigenvalue weighted by molar-refractivity contribution is 5.26. The van der Waals surface area contributed by atoms with E-state index in [0.717, 1.165) is 6.92 Å². The predicted molar refractivity (Wildman–Crippen MR) is 361 cm³/mol. The summed E-state index contributed by atoms with van der Waals surface area (Å²) in [4.78, 5) is 0. The van der Waals surface area contributed by atoms with Crippen LogP contribution in [0.1, 0.15) is 180 Å². The third kappa shape index (κ3) is 11.9. The lowest BCUT2D eigenvalue weighted by Crippen LogP contribution is -2.83. The van der Waals surface area contributed by atoms with Crippen molar-refractivity contribution in [3.63, 3.8) is 0 Å². The van der Waals surface area contributed by atoms with Crippen molar-refractivity contribution in [1.82, 2.24) is 0 Å². The molecule has 6 aliphatic heterocycles. The van der Waals surface area contributed by atoms with Gasteiger partial charge in [-0.25, -0.2) is 0 Å². The fourth-order valence-corrected chi connectivity index (χ4v) is 17.3. The third-order valence-corrected chi connectivity index (χ3v) is 29.7. The zero-order valence-corrected chi connectivity index (χ0v) is 65.0. The number of hydrogen-bond acceptors (Lipinski definition) is 30. The molecule has 30 nitrogen and oxygen atoms in total. The molecule has 30 atom stereocenters. The molecule has 6 heterocycles. The average molecular weight is 1470 g/mol. The van der Waals surface area contributed by atoms with Crippen LogP contribution in [-0.2, 0) is 56.8 Å². The third-order valence-electron chi connectivity index (χ3n) is 29.7. The van der Waals surface area contributed by atoms with Gasteiger partial charge in [0.1, 0.15) is 113 Å². The molecule has 596 valence electrons. The van der Waals surface area contributed by atoms with Gasteiger partial charge in [-0.05, 0) is 145 Å². The van der Waals surface area contributed by atoms with E-state index in [-0.39, 0.29) is 13.0 Å². The van der Waals surface area contributed by atoms with E-state index in [2.05, 4.69) is 0 Å². The van der Waals surface area contributed by atoms with Gasteiger partial charge in [-0.3, -0.25) is 0 Å². The van der Waals surface area contributed by atoms with E-state index in [4.69, 9.17) is 56.8 Å². The molecule has 6 fully saturated rings. The zero-order chi connectivity index (χ0) is 78.6. The normalized spacial score (nSPS) is 57.3. The second-order valence-corrected chi connectivity index (χ2v) is 35.4. The predicted octanol–water partition coefficient (Wildman–Crippen LogP) is -1.46. The number of rotatable bonds is 26. The molecule has 0 saturated carbocycles. The summed E-state index contributed by atoms with van der Waals surface area (Å²) in [5.74, 6) is -2.33. The molecule has 101 heavy (non-hydrogen) atoms. The zero-order valence-electron chi connectivity index (χ0n) is 65.0. The highest BCUT2D eigenvalue weighted by Crippen LogP contribution is 2.61. The molecule has 18 N–H and O–H groups in total. The van der Waals surface area contributed by atoms with Crippen LogP contribution >= 0.6 is 0 Å². The van der Waals surface area contributed by atoms with E-state index in [1.807, 2.05) is 0 Å². The molecule has 6 rings (SSSR count). The minimum Gasteiger partial charge on any atom is -0.394 e. The van der Waals surface area contributed by atoms with Crippen LogP contribution in [0.25, 0.3) is 0 Å². The van der Waals surface area contributed by atoms with E-state index in [9.17, 15) is 91.9 Å². The van der Waals surface area contributed by atoms with Crippen molar-refractivity contribution < 1.29 is 149 Å². The molecule has 0 aromatic rings. The summed E-state index contributed by atoms with van der Waals surface area (Å²) in [6.07, 6.45) is -7.55. The molecule has 0 spiro atoms. The topological polar surface area (TPSA) is 475 Å². The number of ether oxygens (including phenoxy) is 12. The molecule has 0 aromatic carbocycles. The number of aliphatic hydroxyl groups excluding tert-OH is 4. The second kappa shape index (κ2) is 26.8. The van der Waals surface area contributed by atoms with Gasteiger partial charge in [0.05, 0.1) is 145 Å². The standard InChI is InChI=1S/C71H132O30/c1-27-42-57(11,76)68(22,87)66(20,85)55(9,96-42)40-92-34-49(3)44(29-73)99-54(8,65(19,84)60(49,14)79)39-94-36-51(5)46(31-75)101-71(25,70(24,89)62(51,16)81)95-32-47-58(12,77)69(23,88)67(21,86)56(10,100-47)41-93-35-50(4)45(30-74)98-53(7,64(18,83)61(50,15)80)38-91-33-48(2)43(28-72)97-52(6,37-90-26)63(17,82)59(48,13)78/h42-47,72-89H,27-41H2,1-26H3. The average Bonchev–Trinajstić information content (AvgIpc) is 0.683. The first-order chi connectivity index (χ1) is 45.0. The quantitative estimate of drug-likeness (QED) is 0.0470. The fourth-order valence-electron chi connectivity index (χ4n) is 17.3. The van der Waals surface area contributed by atoms with Gasteiger partial charge in [-0.15, -0.1) is 0 Å². The summed E-state index contributed by atoms with van der Waals surface area (Å²) in [6, 6.07) is 0. The lowest BCUT2D eigenvalue weighted by Gasteiger charge is -2.65. The summed E-state index contributed by atoms with van der Waals surface area (Å²) in [5.41, 5.74) is -46.9. The Labute approximate surface area is 596 Å². The van der Waals surface area contributed by atoms with Crippen molar-refractivity contribution in [2.75, 3.05) is 99.6 Å². The molecule has 0 radical (unpaired) electrons. The van der Waals surface area contributed by atoms with Gasteiger partial charge in [0.25, 0.3) is 0 Å². The van der Waals surface area contributed by atoms with Crippen LogP contribution in [-0.4, -0.2) is 340 Å². The molecule has 30 unspecified atom stereocenters. The van der Waals surface area contributed by atoms with Gasteiger partial charge in [-0.2, -0.15) is 0 Å². The molecule has 0 aliphatic carbocycles. The smallest absolute Gasteiger partial charge is 0.197 e. The van der Waals surface area contributed by atoms with Crippen molar-refractivity contribution in [3.05, 3.63) is 0 Å². The molecule has 6 aliphatic rings. The molecule has 30 heteroatoms. The Bertz CT molecular complexity index is 2890. The fraction of sp³-hybridized carbons (Fsp3) is 1.00. The van der Waals surface area contributed by atoms with Gasteiger partial charge in [0, 0.05) is 7.11 Å². The van der Waals surface area contributed by atoms with Crippen molar-refractivity contribution in [2.45, 2.75) is 328 Å². The Balaban J connectivity index is 1.17. The first-order valence-corrected chi connectivity index (χ1v) is 35.1. The SMILES string of the molecule is CCC1OC(C)(COCC2(C)C(CO)OC(C)(COCC3(C)C(CO)OC(C)(OCC4OC(C)(COCC5(C)C(CO)OC(C)(COCC6(C)C(CO)OC(C)(COC)C(C)(O)C6(C)O)C(C)(O)C5(C)O)C(C)(O)C(C)(O)C4(C)O)C(C)(O)C3(C)O)C(C)(O)C2(C)O)C(C)(O)C(C)(O)C1(C)O. The minimum atomic E-state index is -2.51. The van der Waals surface area contributed by atoms with Gasteiger partial charge in [0.2, 0.25) is 0 Å². The van der Waals surface area contributed by atoms with Gasteiger partial charge in [0.15, 0.2) is 5.79 Å². The second-order valence-electron chi connectivity index (χ2n) is 35.4. The highest BCUT2D eigenvalue weighted by Gasteiger charge is 2.78. The largest absolute Gasteiger partial charge is 0.394 e. The minimum absolute atomic E-state index is 0.144. The van der Waals surface area contributed by atoms with E-state index >= 15 is 0 Å². The summed E-state index contributed by atoms with van der Waals surface area (Å²) in [5, 5.41) is 216. The first-order valence-electron chi connectivity index (χ1n) is 35.1. The van der Waals surface area contributed by atoms with E-state index in [1.54, 1.807) is 20.8 Å². The Morgan fingerprint density at radius 2 is 0.475 bits per heavy atom. The van der Waals surface area contributed by atoms with Gasteiger partial charge < -0.3 is 149 Å². The lowest BCUT2D eigenvalue weighted by molar-refractivity contribution is -0.440. The molecule has 6 saturated heterocycles. The maximum atomic E-state index is 12.8. The maximum Gasteiger partial charge on any atom is 0.197 e. The Morgan fingerprint density at radius 1 is 0.257 bits per heavy atom. The summed E-state index contributed by atoms with van der Waals surface area (Å²) in [6.45, 7) is 26.6. The number of hydrogen-bond donors (Lipinski definition) is 18. The molecule has 0 aromatic heterocycles. The van der Waals surface area contributed by atoms with Crippen LogP contribution in [0.3, 0.4) is 0 Å². The van der Waals surface area contributed by atoms with Crippen LogP contribution in [0.2, 0.25) is 0 Å². The van der Waals surface area contributed by atoms with Crippen LogP contribution in [0, 0.1) is 21.7 Å². The summed E-state index contributed by atoms with van der Waals surface area (Å²) in [7, 11) is 1.40. The van der Waals surface area contributed by atoms with Gasteiger partial charge >= 0.3 is 0 Å². The highest BCUT2D eigenvalue weighted by atomic mass is 16.7. The van der Waals surface area contributed by atoms with Gasteiger partial charge in [-0.1, -0.05) is 34.6 Å². The summed E-state index contributed by atoms with van der Waals surface area (Å²) < 4.78 is 75.4. The van der Waals surface area contributed by atoms with Crippen LogP contribution < -0.4 is 0 Å². The van der Waals surface area contributed by atoms with E-state index < -0.39 is 256 Å². The van der Waals surface area contributed by atoms with Crippen molar-refractivity contribution in [1.29, 1.82) is 0 Å². The molecule has 0 amide bonds. The van der Waals surface area contributed by atoms with Crippen LogP contribution in [0.15, 0.2) is 0 Å². The van der Waals surface area contributed by atoms with E-state index in [0.29, 0.717) is 0 Å². The number of aliphatic hydroxyl groups is 18. The summed E-state index contributed by atoms with van der Waals surface area (Å²) >= 11 is 0. The van der Waals surface area contributed by atoms with Crippen molar-refractivity contribution in [2.24, 2.45) is 21.7 Å². The Hall–Kier alpha value is -1.20. The van der Waals surface area contributed by atoms with Crippen LogP contribution in [0.5, 0.6) is 0 Å². The van der Waals surface area contributed by atoms with Crippen molar-refractivity contribution >= 4 is 0 Å². The monoisotopic (exact) mass is 1460 g/mol.